The minimum atomic E-state index is -0.609. The molecule has 3 unspecified atom stereocenters. The fourth-order valence-corrected chi connectivity index (χ4v) is 3.10. The molecule has 0 amide bonds. The first-order valence-corrected chi connectivity index (χ1v) is 9.27. The normalized spacial score (nSPS) is 17.8. The Balaban J connectivity index is 3.60. The van der Waals surface area contributed by atoms with Crippen LogP contribution in [0.5, 0.6) is 0 Å². The molecule has 0 saturated heterocycles. The first-order chi connectivity index (χ1) is 9.91. The van der Waals surface area contributed by atoms with E-state index < -0.39 is 5.60 Å². The highest BCUT2D eigenvalue weighted by atomic mass is 16.3. The second kappa shape index (κ2) is 12.3. The molecule has 0 aromatic carbocycles. The molecule has 0 bridgehead atoms. The van der Waals surface area contributed by atoms with E-state index in [2.05, 4.69) is 20.8 Å². The van der Waals surface area contributed by atoms with Gasteiger partial charge in [-0.15, -0.1) is 0 Å². The molecule has 0 aliphatic heterocycles. The van der Waals surface area contributed by atoms with Gasteiger partial charge in [-0.1, -0.05) is 90.7 Å². The Morgan fingerprint density at radius 3 is 1.95 bits per heavy atom. The summed E-state index contributed by atoms with van der Waals surface area (Å²) >= 11 is 0. The molecule has 126 valence electrons. The van der Waals surface area contributed by atoms with Crippen LogP contribution in [-0.2, 0) is 0 Å². The molecule has 0 aromatic heterocycles. The van der Waals surface area contributed by atoms with Gasteiger partial charge in [0.2, 0.25) is 0 Å². The zero-order valence-electron chi connectivity index (χ0n) is 15.3. The summed E-state index contributed by atoms with van der Waals surface area (Å²) < 4.78 is 0. The van der Waals surface area contributed by atoms with Crippen LogP contribution in [0.1, 0.15) is 98.8 Å². The van der Waals surface area contributed by atoms with Gasteiger partial charge >= 0.3 is 0 Å². The molecule has 3 atom stereocenters. The Morgan fingerprint density at radius 1 is 0.905 bits per heavy atom. The van der Waals surface area contributed by atoms with Crippen LogP contribution in [0.2, 0.25) is 0 Å². The van der Waals surface area contributed by atoms with Gasteiger partial charge in [0, 0.05) is 0 Å². The molecule has 1 heteroatoms. The molecule has 0 saturated carbocycles. The average Bonchev–Trinajstić information content (AvgIpc) is 2.38. The van der Waals surface area contributed by atoms with Crippen molar-refractivity contribution in [3.63, 3.8) is 0 Å². The minimum absolute atomic E-state index is 0.609. The molecule has 0 aliphatic rings. The van der Waals surface area contributed by atoms with Gasteiger partial charge in [0.05, 0.1) is 5.60 Å². The van der Waals surface area contributed by atoms with E-state index in [0.29, 0.717) is 0 Å². The number of rotatable bonds is 13. The minimum Gasteiger partial charge on any atom is -0.386 e. The largest absolute Gasteiger partial charge is 0.386 e. The van der Waals surface area contributed by atoms with Gasteiger partial charge in [-0.2, -0.15) is 0 Å². The second-order valence-electron chi connectivity index (χ2n) is 7.39. The molecular formula is C20H40O. The molecule has 21 heavy (non-hydrogen) atoms. The van der Waals surface area contributed by atoms with Crippen molar-refractivity contribution in [3.8, 4) is 0 Å². The van der Waals surface area contributed by atoms with Gasteiger partial charge in [-0.05, 0) is 32.1 Å². The molecule has 0 spiro atoms. The zero-order chi connectivity index (χ0) is 16.1. The molecule has 0 radical (unpaired) electrons. The van der Waals surface area contributed by atoms with Crippen molar-refractivity contribution in [3.05, 3.63) is 12.2 Å². The van der Waals surface area contributed by atoms with Crippen LogP contribution in [0.15, 0.2) is 12.2 Å². The lowest BCUT2D eigenvalue weighted by molar-refractivity contribution is 0.0969. The third-order valence-corrected chi connectivity index (χ3v) is 4.60. The number of hydrogen-bond donors (Lipinski definition) is 1. The maximum Gasteiger partial charge on any atom is 0.0799 e. The molecule has 0 heterocycles. The van der Waals surface area contributed by atoms with Crippen LogP contribution in [-0.4, -0.2) is 10.7 Å². The topological polar surface area (TPSA) is 20.2 Å². The van der Waals surface area contributed by atoms with E-state index in [1.807, 2.05) is 26.0 Å². The molecule has 0 aliphatic carbocycles. The molecule has 0 rings (SSSR count). The highest BCUT2D eigenvalue weighted by Gasteiger charge is 2.15. The molecule has 0 aromatic rings. The van der Waals surface area contributed by atoms with Crippen molar-refractivity contribution in [2.24, 2.45) is 11.8 Å². The quantitative estimate of drug-likeness (QED) is 0.303. The van der Waals surface area contributed by atoms with Gasteiger partial charge in [-0.25, -0.2) is 0 Å². The fourth-order valence-electron chi connectivity index (χ4n) is 3.10. The summed E-state index contributed by atoms with van der Waals surface area (Å²) in [4.78, 5) is 0. The molecule has 1 N–H and O–H groups in total. The number of allylic oxidation sites excluding steroid dienone is 1. The van der Waals surface area contributed by atoms with E-state index >= 15 is 0 Å². The standard InChI is InChI=1S/C20H40O/c1-6-8-9-12-18(3)13-10-14-19(4)15-11-17-20(5,21)16-7-2/h7,16,18-19,21H,6,8-15,17H2,1-5H3/b16-7+. The van der Waals surface area contributed by atoms with E-state index in [1.165, 1.54) is 51.4 Å². The van der Waals surface area contributed by atoms with Crippen molar-refractivity contribution in [1.29, 1.82) is 0 Å². The number of unbranched alkanes of at least 4 members (excludes halogenated alkanes) is 2. The first kappa shape index (κ1) is 20.7. The van der Waals surface area contributed by atoms with Crippen LogP contribution in [0.25, 0.3) is 0 Å². The van der Waals surface area contributed by atoms with Gasteiger partial charge in [0.15, 0.2) is 0 Å². The lowest BCUT2D eigenvalue weighted by atomic mass is 9.90. The van der Waals surface area contributed by atoms with Crippen LogP contribution < -0.4 is 0 Å². The SMILES string of the molecule is C/C=C/C(C)(O)CCCC(C)CCCC(C)CCCCC. The van der Waals surface area contributed by atoms with E-state index in [-0.39, 0.29) is 0 Å². The average molecular weight is 297 g/mol. The van der Waals surface area contributed by atoms with Gasteiger partial charge in [-0.3, -0.25) is 0 Å². The fraction of sp³-hybridized carbons (Fsp3) is 0.900. The molecule has 0 fully saturated rings. The Labute approximate surface area is 134 Å². The third-order valence-electron chi connectivity index (χ3n) is 4.60. The number of hydrogen-bond acceptors (Lipinski definition) is 1. The molecule has 1 nitrogen and oxygen atoms in total. The van der Waals surface area contributed by atoms with Crippen molar-refractivity contribution in [1.82, 2.24) is 0 Å². The number of aliphatic hydroxyl groups is 1. The predicted octanol–water partition coefficient (Wildman–Crippen LogP) is 6.51. The Hall–Kier alpha value is -0.300. The van der Waals surface area contributed by atoms with Crippen molar-refractivity contribution >= 4 is 0 Å². The zero-order valence-corrected chi connectivity index (χ0v) is 15.3. The van der Waals surface area contributed by atoms with Crippen LogP contribution in [0.3, 0.4) is 0 Å². The Bertz CT molecular complexity index is 255. The summed E-state index contributed by atoms with van der Waals surface area (Å²) in [6.45, 7) is 10.9. The van der Waals surface area contributed by atoms with Gasteiger partial charge < -0.3 is 5.11 Å². The summed E-state index contributed by atoms with van der Waals surface area (Å²) in [5.41, 5.74) is -0.609. The van der Waals surface area contributed by atoms with E-state index in [0.717, 1.165) is 24.7 Å². The summed E-state index contributed by atoms with van der Waals surface area (Å²) in [7, 11) is 0. The van der Waals surface area contributed by atoms with E-state index in [1.54, 1.807) is 0 Å². The van der Waals surface area contributed by atoms with Gasteiger partial charge in [0.1, 0.15) is 0 Å². The van der Waals surface area contributed by atoms with Crippen molar-refractivity contribution in [2.45, 2.75) is 104 Å². The van der Waals surface area contributed by atoms with Crippen LogP contribution in [0.4, 0.5) is 0 Å². The third kappa shape index (κ3) is 13.1. The monoisotopic (exact) mass is 296 g/mol. The predicted molar refractivity (Wildman–Crippen MR) is 95.6 cm³/mol. The van der Waals surface area contributed by atoms with Crippen molar-refractivity contribution < 1.29 is 5.11 Å². The first-order valence-electron chi connectivity index (χ1n) is 9.27. The molecular weight excluding hydrogens is 256 g/mol. The summed E-state index contributed by atoms with van der Waals surface area (Å²) in [6.07, 6.45) is 16.8. The van der Waals surface area contributed by atoms with Gasteiger partial charge in [0.25, 0.3) is 0 Å². The maximum absolute atomic E-state index is 10.1. The van der Waals surface area contributed by atoms with E-state index in [9.17, 15) is 5.11 Å². The van der Waals surface area contributed by atoms with Crippen LogP contribution in [0, 0.1) is 11.8 Å². The summed E-state index contributed by atoms with van der Waals surface area (Å²) in [6, 6.07) is 0. The van der Waals surface area contributed by atoms with Crippen molar-refractivity contribution in [2.75, 3.05) is 0 Å². The Morgan fingerprint density at radius 2 is 1.43 bits per heavy atom. The van der Waals surface area contributed by atoms with E-state index in [4.69, 9.17) is 0 Å². The lowest BCUT2D eigenvalue weighted by Crippen LogP contribution is -2.20. The summed E-state index contributed by atoms with van der Waals surface area (Å²) in [5, 5.41) is 10.1. The smallest absolute Gasteiger partial charge is 0.0799 e. The van der Waals surface area contributed by atoms with Crippen LogP contribution >= 0.6 is 0 Å². The summed E-state index contributed by atoms with van der Waals surface area (Å²) in [5.74, 6) is 1.70. The highest BCUT2D eigenvalue weighted by molar-refractivity contribution is 4.96. The lowest BCUT2D eigenvalue weighted by Gasteiger charge is -2.20. The highest BCUT2D eigenvalue weighted by Crippen LogP contribution is 2.22. The second-order valence-corrected chi connectivity index (χ2v) is 7.39. The maximum atomic E-state index is 10.1. The Kier molecular flexibility index (Phi) is 12.1.